The molecule has 124 valence electrons. The fraction of sp³-hybridized carbons (Fsp3) is 0.375. The van der Waals surface area contributed by atoms with Crippen molar-refractivity contribution in [3.63, 3.8) is 0 Å². The van der Waals surface area contributed by atoms with Gasteiger partial charge in [-0.1, -0.05) is 0 Å². The van der Waals surface area contributed by atoms with Gasteiger partial charge in [-0.3, -0.25) is 0 Å². The Morgan fingerprint density at radius 3 is 2.83 bits per heavy atom. The molecule has 0 aliphatic carbocycles. The number of nitrogens with zero attached hydrogens (tertiary/aromatic N) is 2. The van der Waals surface area contributed by atoms with E-state index in [1.807, 2.05) is 29.8 Å². The van der Waals surface area contributed by atoms with Crippen LogP contribution in [0, 0.1) is 0 Å². The third-order valence-corrected chi connectivity index (χ3v) is 3.47. The predicted octanol–water partition coefficient (Wildman–Crippen LogP) is 1.96. The molecule has 2 rings (SSSR count). The minimum absolute atomic E-state index is 0.191. The molecule has 7 nitrogen and oxygen atoms in total. The van der Waals surface area contributed by atoms with Crippen LogP contribution in [0.2, 0.25) is 0 Å². The van der Waals surface area contributed by atoms with Crippen molar-refractivity contribution < 1.29 is 14.3 Å². The third-order valence-electron chi connectivity index (χ3n) is 3.47. The Labute approximate surface area is 135 Å². The maximum absolute atomic E-state index is 12.0. The van der Waals surface area contributed by atoms with Gasteiger partial charge in [0.2, 0.25) is 0 Å². The van der Waals surface area contributed by atoms with E-state index in [-0.39, 0.29) is 12.1 Å². The third kappa shape index (κ3) is 4.64. The first-order valence-corrected chi connectivity index (χ1v) is 7.36. The number of carbonyl (C=O) groups is 1. The van der Waals surface area contributed by atoms with Gasteiger partial charge in [0.1, 0.15) is 11.5 Å². The molecule has 1 aromatic heterocycles. The van der Waals surface area contributed by atoms with Crippen LogP contribution < -0.4 is 20.1 Å². The standard InChI is InChI=1S/C16H22N4O3/c1-12(14-5-4-13(22-2)10-15(14)23-3)19-16(21)18-7-9-20-8-6-17-11-20/h4-6,8,10-12H,7,9H2,1-3H3,(H2,18,19,21). The van der Waals surface area contributed by atoms with E-state index < -0.39 is 0 Å². The number of rotatable bonds is 7. The normalized spacial score (nSPS) is 11.6. The minimum atomic E-state index is -0.226. The lowest BCUT2D eigenvalue weighted by Gasteiger charge is -2.18. The van der Waals surface area contributed by atoms with Crippen molar-refractivity contribution in [1.29, 1.82) is 0 Å². The van der Waals surface area contributed by atoms with E-state index in [4.69, 9.17) is 9.47 Å². The average Bonchev–Trinajstić information content (AvgIpc) is 3.07. The number of carbonyl (C=O) groups excluding carboxylic acids is 1. The zero-order chi connectivity index (χ0) is 16.7. The zero-order valence-electron chi connectivity index (χ0n) is 13.6. The molecule has 0 bridgehead atoms. The number of aromatic nitrogens is 2. The van der Waals surface area contributed by atoms with Crippen LogP contribution in [0.1, 0.15) is 18.5 Å². The van der Waals surface area contributed by atoms with Crippen molar-refractivity contribution in [2.75, 3.05) is 20.8 Å². The van der Waals surface area contributed by atoms with Gasteiger partial charge in [-0.25, -0.2) is 9.78 Å². The molecule has 2 N–H and O–H groups in total. The van der Waals surface area contributed by atoms with E-state index in [1.165, 1.54) is 0 Å². The van der Waals surface area contributed by atoms with E-state index in [9.17, 15) is 4.79 Å². The molecule has 2 aromatic rings. The smallest absolute Gasteiger partial charge is 0.315 e. The summed E-state index contributed by atoms with van der Waals surface area (Å²) in [5.41, 5.74) is 0.887. The second-order valence-corrected chi connectivity index (χ2v) is 5.03. The number of urea groups is 1. The summed E-state index contributed by atoms with van der Waals surface area (Å²) in [5.74, 6) is 1.39. The van der Waals surface area contributed by atoms with E-state index in [1.54, 1.807) is 32.8 Å². The molecule has 0 radical (unpaired) electrons. The highest BCUT2D eigenvalue weighted by molar-refractivity contribution is 5.74. The van der Waals surface area contributed by atoms with E-state index in [2.05, 4.69) is 15.6 Å². The van der Waals surface area contributed by atoms with Gasteiger partial charge in [0.05, 0.1) is 26.6 Å². The molecular weight excluding hydrogens is 296 g/mol. The Hall–Kier alpha value is -2.70. The molecule has 0 saturated carbocycles. The first-order valence-electron chi connectivity index (χ1n) is 7.36. The molecule has 1 heterocycles. The van der Waals surface area contributed by atoms with Crippen LogP contribution in [0.3, 0.4) is 0 Å². The van der Waals surface area contributed by atoms with Crippen LogP contribution >= 0.6 is 0 Å². The summed E-state index contributed by atoms with van der Waals surface area (Å²) in [5, 5.41) is 5.71. The summed E-state index contributed by atoms with van der Waals surface area (Å²) in [4.78, 5) is 15.9. The highest BCUT2D eigenvalue weighted by Crippen LogP contribution is 2.29. The number of ether oxygens (including phenoxy) is 2. The van der Waals surface area contributed by atoms with Crippen LogP contribution in [-0.4, -0.2) is 36.3 Å². The number of hydrogen-bond acceptors (Lipinski definition) is 4. The Bertz CT molecular complexity index is 628. The predicted molar refractivity (Wildman–Crippen MR) is 86.7 cm³/mol. The first kappa shape index (κ1) is 16.7. The Kier molecular flexibility index (Phi) is 5.85. The highest BCUT2D eigenvalue weighted by atomic mass is 16.5. The van der Waals surface area contributed by atoms with Crippen LogP contribution in [0.15, 0.2) is 36.9 Å². The van der Waals surface area contributed by atoms with Crippen molar-refractivity contribution in [1.82, 2.24) is 20.2 Å². The first-order chi connectivity index (χ1) is 11.1. The molecule has 0 fully saturated rings. The summed E-state index contributed by atoms with van der Waals surface area (Å²) < 4.78 is 12.4. The van der Waals surface area contributed by atoms with E-state index >= 15 is 0 Å². The van der Waals surface area contributed by atoms with E-state index in [0.29, 0.717) is 24.6 Å². The number of hydrogen-bond donors (Lipinski definition) is 2. The van der Waals surface area contributed by atoms with Gasteiger partial charge in [-0.15, -0.1) is 0 Å². The number of imidazole rings is 1. The van der Waals surface area contributed by atoms with Gasteiger partial charge in [-0.2, -0.15) is 0 Å². The van der Waals surface area contributed by atoms with Crippen LogP contribution in [0.5, 0.6) is 11.5 Å². The Balaban J connectivity index is 1.87. The Morgan fingerprint density at radius 2 is 2.17 bits per heavy atom. The number of nitrogens with one attached hydrogen (secondary N) is 2. The lowest BCUT2D eigenvalue weighted by Crippen LogP contribution is -2.38. The monoisotopic (exact) mass is 318 g/mol. The maximum Gasteiger partial charge on any atom is 0.315 e. The molecular formula is C16H22N4O3. The molecule has 0 saturated heterocycles. The van der Waals surface area contributed by atoms with Gasteiger partial charge in [-0.05, 0) is 19.1 Å². The topological polar surface area (TPSA) is 77.4 Å². The van der Waals surface area contributed by atoms with Gasteiger partial charge < -0.3 is 24.7 Å². The lowest BCUT2D eigenvalue weighted by molar-refractivity contribution is 0.237. The number of amides is 2. The number of benzene rings is 1. The minimum Gasteiger partial charge on any atom is -0.497 e. The molecule has 0 aliphatic rings. The van der Waals surface area contributed by atoms with Crippen molar-refractivity contribution in [3.05, 3.63) is 42.5 Å². The summed E-state index contributed by atoms with van der Waals surface area (Å²) in [6.07, 6.45) is 5.27. The molecule has 2 amide bonds. The van der Waals surface area contributed by atoms with Crippen LogP contribution in [-0.2, 0) is 6.54 Å². The molecule has 23 heavy (non-hydrogen) atoms. The largest absolute Gasteiger partial charge is 0.497 e. The molecule has 0 spiro atoms. The highest BCUT2D eigenvalue weighted by Gasteiger charge is 2.14. The van der Waals surface area contributed by atoms with Crippen molar-refractivity contribution in [2.24, 2.45) is 0 Å². The second-order valence-electron chi connectivity index (χ2n) is 5.03. The molecule has 0 aliphatic heterocycles. The van der Waals surface area contributed by atoms with Crippen LogP contribution in [0.25, 0.3) is 0 Å². The van der Waals surface area contributed by atoms with Gasteiger partial charge in [0, 0.05) is 37.1 Å². The summed E-state index contributed by atoms with van der Waals surface area (Å²) >= 11 is 0. The summed E-state index contributed by atoms with van der Waals surface area (Å²) in [6, 6.07) is 5.10. The molecule has 7 heteroatoms. The summed E-state index contributed by atoms with van der Waals surface area (Å²) in [7, 11) is 3.19. The van der Waals surface area contributed by atoms with Gasteiger partial charge in [0.25, 0.3) is 0 Å². The second kappa shape index (κ2) is 8.07. The quantitative estimate of drug-likeness (QED) is 0.818. The molecule has 1 atom stereocenters. The molecule has 1 unspecified atom stereocenters. The van der Waals surface area contributed by atoms with Crippen LogP contribution in [0.4, 0.5) is 4.79 Å². The van der Waals surface area contributed by atoms with Crippen molar-refractivity contribution in [2.45, 2.75) is 19.5 Å². The van der Waals surface area contributed by atoms with Crippen molar-refractivity contribution >= 4 is 6.03 Å². The maximum atomic E-state index is 12.0. The fourth-order valence-corrected chi connectivity index (χ4v) is 2.22. The zero-order valence-corrected chi connectivity index (χ0v) is 13.6. The van der Waals surface area contributed by atoms with E-state index in [0.717, 1.165) is 5.56 Å². The van der Waals surface area contributed by atoms with Gasteiger partial charge in [0.15, 0.2) is 0 Å². The number of methoxy groups -OCH3 is 2. The average molecular weight is 318 g/mol. The van der Waals surface area contributed by atoms with Gasteiger partial charge >= 0.3 is 6.03 Å². The Morgan fingerprint density at radius 1 is 1.35 bits per heavy atom. The summed E-state index contributed by atoms with van der Waals surface area (Å²) in [6.45, 7) is 3.10. The SMILES string of the molecule is COc1ccc(C(C)NC(=O)NCCn2ccnc2)c(OC)c1. The van der Waals surface area contributed by atoms with Crippen molar-refractivity contribution in [3.8, 4) is 11.5 Å². The fourth-order valence-electron chi connectivity index (χ4n) is 2.22. The lowest BCUT2D eigenvalue weighted by atomic mass is 10.1. The molecule has 1 aromatic carbocycles.